The van der Waals surface area contributed by atoms with E-state index >= 15 is 0 Å². The van der Waals surface area contributed by atoms with Gasteiger partial charge in [0.25, 0.3) is 0 Å². The van der Waals surface area contributed by atoms with E-state index in [-0.39, 0.29) is 10.7 Å². The van der Waals surface area contributed by atoms with E-state index in [1.54, 1.807) is 18.3 Å². The quantitative estimate of drug-likeness (QED) is 0.635. The summed E-state index contributed by atoms with van der Waals surface area (Å²) in [5.74, 6) is 0.00230. The lowest BCUT2D eigenvalue weighted by Gasteiger charge is -2.03. The second-order valence-corrected chi connectivity index (χ2v) is 5.31. The number of thiazole rings is 1. The molecule has 0 aliphatic rings. The molecule has 6 heteroatoms. The smallest absolute Gasteiger partial charge is 0.173 e. The van der Waals surface area contributed by atoms with Crippen molar-refractivity contribution in [2.24, 2.45) is 0 Å². The first kappa shape index (κ1) is 11.5. The molecule has 0 fully saturated rings. The van der Waals surface area contributed by atoms with Crippen LogP contribution >= 0.6 is 22.9 Å². The first-order chi connectivity index (χ1) is 8.65. The van der Waals surface area contributed by atoms with Gasteiger partial charge in [0, 0.05) is 11.6 Å². The number of fused-ring (bicyclic) bond motifs is 1. The lowest BCUT2D eigenvalue weighted by atomic mass is 10.2. The molecule has 0 aliphatic carbocycles. The summed E-state index contributed by atoms with van der Waals surface area (Å²) in [6.45, 7) is 1.89. The highest BCUT2D eigenvalue weighted by Crippen LogP contribution is 2.28. The van der Waals surface area contributed by atoms with E-state index < -0.39 is 5.82 Å². The van der Waals surface area contributed by atoms with Gasteiger partial charge in [0.1, 0.15) is 16.5 Å². The standard InChI is InChI=1S/C12H7ClFN3S/c1-6-15-5-9(18-6)12-16-10-7(11(13)17-12)3-2-4-8(10)14/h2-5H,1H3. The molecule has 0 N–H and O–H groups in total. The number of rotatable bonds is 1. The fourth-order valence-electron chi connectivity index (χ4n) is 1.65. The number of halogens is 2. The zero-order valence-corrected chi connectivity index (χ0v) is 10.9. The average Bonchev–Trinajstić information content (AvgIpc) is 2.77. The molecule has 3 rings (SSSR count). The Hall–Kier alpha value is -1.59. The minimum Gasteiger partial charge on any atom is -0.249 e. The molecule has 0 saturated carbocycles. The molecule has 0 atom stereocenters. The Balaban J connectivity index is 2.29. The predicted octanol–water partition coefficient (Wildman–Crippen LogP) is 3.85. The fraction of sp³-hybridized carbons (Fsp3) is 0.0833. The highest BCUT2D eigenvalue weighted by molar-refractivity contribution is 7.14. The Morgan fingerprint density at radius 2 is 2.11 bits per heavy atom. The van der Waals surface area contributed by atoms with Crippen LogP contribution in [0.2, 0.25) is 5.15 Å². The van der Waals surface area contributed by atoms with E-state index in [9.17, 15) is 4.39 Å². The minimum atomic E-state index is -0.403. The molecule has 2 heterocycles. The van der Waals surface area contributed by atoms with Gasteiger partial charge in [0.2, 0.25) is 0 Å². The van der Waals surface area contributed by atoms with Gasteiger partial charge in [-0.3, -0.25) is 0 Å². The number of hydrogen-bond acceptors (Lipinski definition) is 4. The van der Waals surface area contributed by atoms with E-state index in [4.69, 9.17) is 11.6 Å². The van der Waals surface area contributed by atoms with Crippen LogP contribution in [-0.2, 0) is 0 Å². The van der Waals surface area contributed by atoms with Crippen LogP contribution in [0.1, 0.15) is 5.01 Å². The predicted molar refractivity (Wildman–Crippen MR) is 70.4 cm³/mol. The molecule has 0 spiro atoms. The van der Waals surface area contributed by atoms with Gasteiger partial charge < -0.3 is 0 Å². The molecule has 0 saturated heterocycles. The van der Waals surface area contributed by atoms with Gasteiger partial charge in [-0.25, -0.2) is 19.3 Å². The Morgan fingerprint density at radius 1 is 1.28 bits per heavy atom. The molecule has 18 heavy (non-hydrogen) atoms. The molecular formula is C12H7ClFN3S. The van der Waals surface area contributed by atoms with Crippen molar-refractivity contribution >= 4 is 33.8 Å². The van der Waals surface area contributed by atoms with Crippen molar-refractivity contribution < 1.29 is 4.39 Å². The van der Waals surface area contributed by atoms with Crippen LogP contribution in [0.3, 0.4) is 0 Å². The van der Waals surface area contributed by atoms with Crippen molar-refractivity contribution in [2.45, 2.75) is 6.92 Å². The Bertz CT molecular complexity index is 741. The topological polar surface area (TPSA) is 38.7 Å². The molecule has 3 nitrogen and oxygen atoms in total. The summed E-state index contributed by atoms with van der Waals surface area (Å²) in [5.41, 5.74) is 0.235. The maximum Gasteiger partial charge on any atom is 0.173 e. The molecule has 0 unspecified atom stereocenters. The molecular weight excluding hydrogens is 273 g/mol. The van der Waals surface area contributed by atoms with Crippen LogP contribution in [0.15, 0.2) is 24.4 Å². The van der Waals surface area contributed by atoms with Crippen molar-refractivity contribution in [2.75, 3.05) is 0 Å². The summed E-state index contributed by atoms with van der Waals surface area (Å²) in [6.07, 6.45) is 1.67. The molecule has 0 aliphatic heterocycles. The SMILES string of the molecule is Cc1ncc(-c2nc(Cl)c3cccc(F)c3n2)s1. The zero-order chi connectivity index (χ0) is 12.7. The molecule has 1 aromatic carbocycles. The molecule has 0 radical (unpaired) electrons. The summed E-state index contributed by atoms with van der Waals surface area (Å²) in [7, 11) is 0. The van der Waals surface area contributed by atoms with Crippen molar-refractivity contribution in [3.05, 3.63) is 40.4 Å². The molecule has 0 bridgehead atoms. The lowest BCUT2D eigenvalue weighted by molar-refractivity contribution is 0.636. The van der Waals surface area contributed by atoms with E-state index in [2.05, 4.69) is 15.0 Å². The highest BCUT2D eigenvalue weighted by atomic mass is 35.5. The Morgan fingerprint density at radius 3 is 2.83 bits per heavy atom. The minimum absolute atomic E-state index is 0.235. The summed E-state index contributed by atoms with van der Waals surface area (Å²) in [5, 5.41) is 1.67. The molecule has 2 aromatic heterocycles. The summed E-state index contributed by atoms with van der Waals surface area (Å²) >= 11 is 7.50. The summed E-state index contributed by atoms with van der Waals surface area (Å²) < 4.78 is 13.7. The van der Waals surface area contributed by atoms with Gasteiger partial charge in [-0.05, 0) is 19.1 Å². The van der Waals surface area contributed by atoms with Gasteiger partial charge in [0.05, 0.1) is 9.88 Å². The van der Waals surface area contributed by atoms with E-state index in [1.165, 1.54) is 17.4 Å². The number of benzene rings is 1. The third-order valence-electron chi connectivity index (χ3n) is 2.47. The van der Waals surface area contributed by atoms with Gasteiger partial charge in [-0.2, -0.15) is 0 Å². The number of nitrogens with zero attached hydrogens (tertiary/aromatic N) is 3. The largest absolute Gasteiger partial charge is 0.249 e. The van der Waals surface area contributed by atoms with Crippen molar-refractivity contribution in [3.8, 4) is 10.7 Å². The van der Waals surface area contributed by atoms with Crippen LogP contribution < -0.4 is 0 Å². The third-order valence-corrected chi connectivity index (χ3v) is 3.67. The third kappa shape index (κ3) is 1.85. The second-order valence-electron chi connectivity index (χ2n) is 3.72. The first-order valence-electron chi connectivity index (χ1n) is 5.20. The lowest BCUT2D eigenvalue weighted by Crippen LogP contribution is -1.92. The zero-order valence-electron chi connectivity index (χ0n) is 9.32. The van der Waals surface area contributed by atoms with E-state index in [0.717, 1.165) is 9.88 Å². The van der Waals surface area contributed by atoms with Crippen molar-refractivity contribution in [3.63, 3.8) is 0 Å². The van der Waals surface area contributed by atoms with E-state index in [0.29, 0.717) is 11.2 Å². The highest BCUT2D eigenvalue weighted by Gasteiger charge is 2.12. The van der Waals surface area contributed by atoms with Crippen LogP contribution in [0.5, 0.6) is 0 Å². The van der Waals surface area contributed by atoms with Gasteiger partial charge in [-0.1, -0.05) is 17.7 Å². The monoisotopic (exact) mass is 279 g/mol. The van der Waals surface area contributed by atoms with E-state index in [1.807, 2.05) is 6.92 Å². The Labute approximate surface area is 111 Å². The van der Waals surface area contributed by atoms with Crippen molar-refractivity contribution in [1.82, 2.24) is 15.0 Å². The summed E-state index contributed by atoms with van der Waals surface area (Å²) in [6, 6.07) is 4.64. The number of aromatic nitrogens is 3. The number of para-hydroxylation sites is 1. The van der Waals surface area contributed by atoms with Crippen molar-refractivity contribution in [1.29, 1.82) is 0 Å². The Kier molecular flexibility index (Phi) is 2.72. The number of aryl methyl sites for hydroxylation is 1. The first-order valence-corrected chi connectivity index (χ1v) is 6.39. The molecule has 90 valence electrons. The molecule has 0 amide bonds. The molecule has 3 aromatic rings. The van der Waals surface area contributed by atoms with Crippen LogP contribution in [-0.4, -0.2) is 15.0 Å². The number of hydrogen-bond donors (Lipinski definition) is 0. The van der Waals surface area contributed by atoms with Crippen LogP contribution in [0.4, 0.5) is 4.39 Å². The van der Waals surface area contributed by atoms with Gasteiger partial charge in [-0.15, -0.1) is 11.3 Å². The van der Waals surface area contributed by atoms with Gasteiger partial charge >= 0.3 is 0 Å². The maximum atomic E-state index is 13.7. The second kappa shape index (κ2) is 4.26. The maximum absolute atomic E-state index is 13.7. The fourth-order valence-corrected chi connectivity index (χ4v) is 2.60. The normalized spacial score (nSPS) is 11.1. The van der Waals surface area contributed by atoms with Crippen LogP contribution in [0.25, 0.3) is 21.6 Å². The van der Waals surface area contributed by atoms with Crippen LogP contribution in [0, 0.1) is 12.7 Å². The van der Waals surface area contributed by atoms with Gasteiger partial charge in [0.15, 0.2) is 5.82 Å². The average molecular weight is 280 g/mol. The summed E-state index contributed by atoms with van der Waals surface area (Å²) in [4.78, 5) is 13.3.